The third-order valence-corrected chi connectivity index (χ3v) is 7.87. The van der Waals surface area contributed by atoms with Crippen molar-refractivity contribution in [3.05, 3.63) is 48.0 Å². The second kappa shape index (κ2) is 9.37. The second-order valence-corrected chi connectivity index (χ2v) is 12.1. The number of sulfonamides is 1. The Kier molecular flexibility index (Phi) is 7.51. The first-order valence-electron chi connectivity index (χ1n) is 9.72. The van der Waals surface area contributed by atoms with E-state index >= 15 is 0 Å². The molecule has 0 radical (unpaired) electrons. The number of aromatic hydroxyl groups is 1. The summed E-state index contributed by atoms with van der Waals surface area (Å²) in [6.07, 6.45) is -0.205. The van der Waals surface area contributed by atoms with Gasteiger partial charge in [-0.2, -0.15) is 0 Å². The summed E-state index contributed by atoms with van der Waals surface area (Å²) in [6.45, 7) is 7.40. The van der Waals surface area contributed by atoms with Gasteiger partial charge in [-0.3, -0.25) is 4.79 Å². The Morgan fingerprint density at radius 2 is 1.55 bits per heavy atom. The Morgan fingerprint density at radius 3 is 2.10 bits per heavy atom. The van der Waals surface area contributed by atoms with E-state index in [-0.39, 0.29) is 45.4 Å². The highest BCUT2D eigenvalue weighted by Crippen LogP contribution is 2.27. The standard InChI is InChI=1S/C21H28N2O6S2/c1-5-30(26,27)17-10-11-19(24)18(14-17)23-20(25)12-13-22-31(28,29)16-8-6-15(7-9-16)21(2,3)4/h6-11,14,22,24H,5,12-13H2,1-4H3,(H,23,25). The van der Waals surface area contributed by atoms with Crippen LogP contribution in [-0.2, 0) is 30.1 Å². The van der Waals surface area contributed by atoms with Crippen LogP contribution < -0.4 is 10.0 Å². The predicted octanol–water partition coefficient (Wildman–Crippen LogP) is 2.79. The Labute approximate surface area is 183 Å². The van der Waals surface area contributed by atoms with Crippen LogP contribution in [0.4, 0.5) is 5.69 Å². The molecule has 170 valence electrons. The molecule has 0 atom stereocenters. The first kappa shape index (κ1) is 24.8. The van der Waals surface area contributed by atoms with Crippen LogP contribution in [0.2, 0.25) is 0 Å². The van der Waals surface area contributed by atoms with Gasteiger partial charge >= 0.3 is 0 Å². The van der Waals surface area contributed by atoms with Crippen LogP contribution in [-0.4, -0.2) is 40.1 Å². The quantitative estimate of drug-likeness (QED) is 0.511. The van der Waals surface area contributed by atoms with E-state index < -0.39 is 25.8 Å². The minimum absolute atomic E-state index is 0.0255. The number of carbonyl (C=O) groups excluding carboxylic acids is 1. The molecule has 1 amide bonds. The number of rotatable bonds is 8. The lowest BCUT2D eigenvalue weighted by molar-refractivity contribution is -0.116. The molecule has 0 aliphatic heterocycles. The summed E-state index contributed by atoms with van der Waals surface area (Å²) >= 11 is 0. The van der Waals surface area contributed by atoms with Crippen LogP contribution in [0.5, 0.6) is 5.75 Å². The maximum atomic E-state index is 12.4. The van der Waals surface area contributed by atoms with E-state index in [4.69, 9.17) is 0 Å². The molecule has 31 heavy (non-hydrogen) atoms. The summed E-state index contributed by atoms with van der Waals surface area (Å²) in [6, 6.07) is 10.1. The van der Waals surface area contributed by atoms with Crippen molar-refractivity contribution in [2.45, 2.75) is 49.3 Å². The van der Waals surface area contributed by atoms with E-state index in [0.29, 0.717) is 0 Å². The zero-order chi connectivity index (χ0) is 23.4. The number of phenols is 1. The molecule has 3 N–H and O–H groups in total. The second-order valence-electron chi connectivity index (χ2n) is 8.05. The molecular formula is C21H28N2O6S2. The molecule has 10 heteroatoms. The SMILES string of the molecule is CCS(=O)(=O)c1ccc(O)c(NC(=O)CCNS(=O)(=O)c2ccc(C(C)(C)C)cc2)c1. The molecule has 0 bridgehead atoms. The minimum atomic E-state index is -3.79. The largest absolute Gasteiger partial charge is 0.506 e. The zero-order valence-corrected chi connectivity index (χ0v) is 19.6. The van der Waals surface area contributed by atoms with Gasteiger partial charge < -0.3 is 10.4 Å². The average Bonchev–Trinajstić information content (AvgIpc) is 2.68. The fraction of sp³-hybridized carbons (Fsp3) is 0.381. The Balaban J connectivity index is 2.00. The summed E-state index contributed by atoms with van der Waals surface area (Å²) in [5, 5.41) is 12.3. The molecule has 0 unspecified atom stereocenters. The van der Waals surface area contributed by atoms with Gasteiger partial charge in [0.2, 0.25) is 15.9 Å². The Bertz CT molecular complexity index is 1150. The smallest absolute Gasteiger partial charge is 0.240 e. The predicted molar refractivity (Wildman–Crippen MR) is 119 cm³/mol. The molecule has 8 nitrogen and oxygen atoms in total. The Morgan fingerprint density at radius 1 is 0.968 bits per heavy atom. The first-order valence-corrected chi connectivity index (χ1v) is 12.9. The van der Waals surface area contributed by atoms with Gasteiger partial charge in [0.05, 0.1) is 21.2 Å². The van der Waals surface area contributed by atoms with Gasteiger partial charge in [-0.25, -0.2) is 21.6 Å². The molecule has 0 saturated carbocycles. The number of benzene rings is 2. The van der Waals surface area contributed by atoms with Crippen LogP contribution in [0.3, 0.4) is 0 Å². The molecular weight excluding hydrogens is 440 g/mol. The van der Waals surface area contributed by atoms with Crippen LogP contribution in [0.15, 0.2) is 52.3 Å². The highest BCUT2D eigenvalue weighted by Gasteiger charge is 2.19. The number of nitrogens with one attached hydrogen (secondary N) is 2. The molecule has 2 aromatic rings. The molecule has 0 spiro atoms. The summed E-state index contributed by atoms with van der Waals surface area (Å²) in [7, 11) is -7.29. The highest BCUT2D eigenvalue weighted by atomic mass is 32.2. The van der Waals surface area contributed by atoms with Gasteiger partial charge in [0.15, 0.2) is 9.84 Å². The number of anilines is 1. The summed E-state index contributed by atoms with van der Waals surface area (Å²) in [5.74, 6) is -0.987. The van der Waals surface area contributed by atoms with Crippen molar-refractivity contribution < 1.29 is 26.7 Å². The molecule has 2 aromatic carbocycles. The average molecular weight is 469 g/mol. The minimum Gasteiger partial charge on any atom is -0.506 e. The van der Waals surface area contributed by atoms with E-state index in [0.717, 1.165) is 5.56 Å². The van der Waals surface area contributed by atoms with Crippen molar-refractivity contribution in [1.29, 1.82) is 0 Å². The topological polar surface area (TPSA) is 130 Å². The fourth-order valence-electron chi connectivity index (χ4n) is 2.70. The van der Waals surface area contributed by atoms with Crippen molar-refractivity contribution in [3.8, 4) is 5.75 Å². The van der Waals surface area contributed by atoms with Crippen molar-refractivity contribution in [2.75, 3.05) is 17.6 Å². The summed E-state index contributed by atoms with van der Waals surface area (Å²) in [5.41, 5.74) is 0.839. The number of hydrogen-bond acceptors (Lipinski definition) is 6. The molecule has 0 aliphatic rings. The molecule has 0 aliphatic carbocycles. The number of hydrogen-bond donors (Lipinski definition) is 3. The first-order chi connectivity index (χ1) is 14.3. The van der Waals surface area contributed by atoms with Gasteiger partial charge in [0.1, 0.15) is 5.75 Å². The van der Waals surface area contributed by atoms with Crippen LogP contribution in [0.1, 0.15) is 39.7 Å². The van der Waals surface area contributed by atoms with Crippen LogP contribution >= 0.6 is 0 Å². The van der Waals surface area contributed by atoms with Crippen molar-refractivity contribution >= 4 is 31.5 Å². The maximum Gasteiger partial charge on any atom is 0.240 e. The monoisotopic (exact) mass is 468 g/mol. The Hall–Kier alpha value is -2.43. The summed E-state index contributed by atoms with van der Waals surface area (Å²) < 4.78 is 51.2. The molecule has 0 saturated heterocycles. The van der Waals surface area contributed by atoms with E-state index in [9.17, 15) is 26.7 Å². The summed E-state index contributed by atoms with van der Waals surface area (Å²) in [4.78, 5) is 12.2. The van der Waals surface area contributed by atoms with Gasteiger partial charge in [0, 0.05) is 13.0 Å². The van der Waals surface area contributed by atoms with Gasteiger partial charge in [-0.15, -0.1) is 0 Å². The molecule has 0 fully saturated rings. The lowest BCUT2D eigenvalue weighted by Crippen LogP contribution is -2.28. The fourth-order valence-corrected chi connectivity index (χ4v) is 4.64. The lowest BCUT2D eigenvalue weighted by Gasteiger charge is -2.19. The third kappa shape index (κ3) is 6.52. The molecule has 0 aromatic heterocycles. The number of sulfone groups is 1. The molecule has 0 heterocycles. The van der Waals surface area contributed by atoms with Crippen molar-refractivity contribution in [1.82, 2.24) is 4.72 Å². The van der Waals surface area contributed by atoms with Crippen LogP contribution in [0, 0.1) is 0 Å². The maximum absolute atomic E-state index is 12.4. The van der Waals surface area contributed by atoms with E-state index in [1.807, 2.05) is 20.8 Å². The number of amides is 1. The van der Waals surface area contributed by atoms with Crippen molar-refractivity contribution in [2.24, 2.45) is 0 Å². The van der Waals surface area contributed by atoms with Gasteiger partial charge in [-0.05, 0) is 41.3 Å². The normalized spacial score (nSPS) is 12.5. The van der Waals surface area contributed by atoms with E-state index in [2.05, 4.69) is 10.0 Å². The van der Waals surface area contributed by atoms with E-state index in [1.165, 1.54) is 37.3 Å². The number of carbonyl (C=O) groups is 1. The number of phenolic OH excluding ortho intramolecular Hbond substituents is 1. The molecule has 2 rings (SSSR count). The van der Waals surface area contributed by atoms with Crippen LogP contribution in [0.25, 0.3) is 0 Å². The van der Waals surface area contributed by atoms with Gasteiger partial charge in [-0.1, -0.05) is 39.8 Å². The zero-order valence-electron chi connectivity index (χ0n) is 18.0. The van der Waals surface area contributed by atoms with E-state index in [1.54, 1.807) is 12.1 Å². The third-order valence-electron chi connectivity index (χ3n) is 4.66. The lowest BCUT2D eigenvalue weighted by atomic mass is 9.87. The van der Waals surface area contributed by atoms with Crippen molar-refractivity contribution in [3.63, 3.8) is 0 Å². The van der Waals surface area contributed by atoms with Gasteiger partial charge in [0.25, 0.3) is 0 Å². The highest BCUT2D eigenvalue weighted by molar-refractivity contribution is 7.91.